The lowest BCUT2D eigenvalue weighted by atomic mass is 9.77. The predicted molar refractivity (Wildman–Crippen MR) is 85.5 cm³/mol. The Kier molecular flexibility index (Phi) is 3.77. The van der Waals surface area contributed by atoms with E-state index < -0.39 is 24.0 Å². The van der Waals surface area contributed by atoms with E-state index in [0.29, 0.717) is 0 Å². The molecule has 0 aromatic carbocycles. The second-order valence-corrected chi connectivity index (χ2v) is 7.87. The van der Waals surface area contributed by atoms with Gasteiger partial charge in [-0.05, 0) is 25.2 Å². The van der Waals surface area contributed by atoms with Crippen LogP contribution in [-0.2, 0) is 11.3 Å². The number of nitrogens with one attached hydrogen (secondary N) is 1. The molecule has 0 saturated carbocycles. The minimum absolute atomic E-state index is 0.149. The van der Waals surface area contributed by atoms with Crippen LogP contribution in [0, 0.1) is 12.8 Å². The van der Waals surface area contributed by atoms with Crippen LogP contribution in [0.4, 0.5) is 8.78 Å². The first-order chi connectivity index (χ1) is 11.0. The summed E-state index contributed by atoms with van der Waals surface area (Å²) in [5.41, 5.74) is 1.89. The van der Waals surface area contributed by atoms with Crippen molar-refractivity contribution in [3.63, 3.8) is 0 Å². The Morgan fingerprint density at radius 2 is 2.22 bits per heavy atom. The van der Waals surface area contributed by atoms with Crippen LogP contribution < -0.4 is 0 Å². The molecule has 2 saturated heterocycles. The molecule has 4 nitrogen and oxygen atoms in total. The SMILES string of the molecule is Cc1[nH]ncc1CN1CCC2(CC1)OCC(F)(F)C1C=CSC12. The van der Waals surface area contributed by atoms with Crippen LogP contribution in [0.1, 0.15) is 24.1 Å². The molecule has 2 atom stereocenters. The van der Waals surface area contributed by atoms with Crippen molar-refractivity contribution in [1.29, 1.82) is 0 Å². The number of alkyl halides is 2. The lowest BCUT2D eigenvalue weighted by Gasteiger charge is -2.51. The summed E-state index contributed by atoms with van der Waals surface area (Å²) in [7, 11) is 0. The number of H-pyrrole nitrogens is 1. The van der Waals surface area contributed by atoms with Gasteiger partial charge in [0.25, 0.3) is 5.92 Å². The number of likely N-dealkylation sites (tertiary alicyclic amines) is 1. The quantitative estimate of drug-likeness (QED) is 0.898. The summed E-state index contributed by atoms with van der Waals surface area (Å²) in [5.74, 6) is -3.41. The molecule has 126 valence electrons. The first kappa shape index (κ1) is 15.6. The predicted octanol–water partition coefficient (Wildman–Crippen LogP) is 2.96. The van der Waals surface area contributed by atoms with Crippen molar-refractivity contribution in [2.75, 3.05) is 19.7 Å². The van der Waals surface area contributed by atoms with Gasteiger partial charge in [0.15, 0.2) is 0 Å². The van der Waals surface area contributed by atoms with Crippen LogP contribution in [-0.4, -0.2) is 51.6 Å². The van der Waals surface area contributed by atoms with Gasteiger partial charge >= 0.3 is 0 Å². The number of aromatic amines is 1. The molecule has 1 aromatic heterocycles. The Balaban J connectivity index is 1.44. The molecular formula is C16H21F2N3OS. The molecule has 1 aromatic rings. The van der Waals surface area contributed by atoms with Gasteiger partial charge < -0.3 is 4.74 Å². The number of hydrogen-bond donors (Lipinski definition) is 1. The molecule has 0 radical (unpaired) electrons. The molecule has 2 fully saturated rings. The maximum absolute atomic E-state index is 14.1. The van der Waals surface area contributed by atoms with Crippen LogP contribution in [0.15, 0.2) is 17.7 Å². The average Bonchev–Trinajstić information content (AvgIpc) is 3.17. The minimum Gasteiger partial charge on any atom is -0.367 e. The largest absolute Gasteiger partial charge is 0.367 e. The summed E-state index contributed by atoms with van der Waals surface area (Å²) in [6.07, 6.45) is 5.18. The fourth-order valence-corrected chi connectivity index (χ4v) is 5.37. The van der Waals surface area contributed by atoms with Gasteiger partial charge in [-0.25, -0.2) is 8.78 Å². The second-order valence-electron chi connectivity index (χ2n) is 6.82. The van der Waals surface area contributed by atoms with Crippen molar-refractivity contribution in [3.8, 4) is 0 Å². The van der Waals surface area contributed by atoms with Gasteiger partial charge in [0.1, 0.15) is 6.61 Å². The third-order valence-corrected chi connectivity index (χ3v) is 6.76. The molecule has 0 aliphatic carbocycles. The van der Waals surface area contributed by atoms with Crippen LogP contribution in [0.2, 0.25) is 0 Å². The highest BCUT2D eigenvalue weighted by atomic mass is 32.2. The standard InChI is InChI=1S/C16H21F2N3OS/c1-11-12(8-19-20-11)9-21-5-3-15(4-6-21)14-13(2-7-23-14)16(17,18)10-22-15/h2,7-8,13-14H,3-6,9-10H2,1H3,(H,19,20). The summed E-state index contributed by atoms with van der Waals surface area (Å²) in [5, 5.41) is 8.70. The first-order valence-electron chi connectivity index (χ1n) is 8.05. The topological polar surface area (TPSA) is 41.2 Å². The zero-order valence-electron chi connectivity index (χ0n) is 13.1. The van der Waals surface area contributed by atoms with E-state index in [1.165, 1.54) is 17.3 Å². The maximum atomic E-state index is 14.1. The Hall–Kier alpha value is -0.920. The third-order valence-electron chi connectivity index (χ3n) is 5.43. The highest BCUT2D eigenvalue weighted by Crippen LogP contribution is 2.53. The summed E-state index contributed by atoms with van der Waals surface area (Å²) < 4.78 is 33.9. The van der Waals surface area contributed by atoms with Crippen molar-refractivity contribution >= 4 is 11.8 Å². The molecule has 7 heteroatoms. The van der Waals surface area contributed by atoms with Crippen molar-refractivity contribution in [2.24, 2.45) is 5.92 Å². The number of thioether (sulfide) groups is 1. The zero-order valence-corrected chi connectivity index (χ0v) is 13.9. The van der Waals surface area contributed by atoms with Crippen LogP contribution in [0.3, 0.4) is 0 Å². The summed E-state index contributed by atoms with van der Waals surface area (Å²) in [6.45, 7) is 4.18. The Labute approximate surface area is 138 Å². The lowest BCUT2D eigenvalue weighted by Crippen LogP contribution is -2.61. The van der Waals surface area contributed by atoms with Gasteiger partial charge in [-0.1, -0.05) is 6.08 Å². The van der Waals surface area contributed by atoms with E-state index in [2.05, 4.69) is 15.1 Å². The number of ether oxygens (including phenoxy) is 1. The Bertz CT molecular complexity index is 610. The van der Waals surface area contributed by atoms with Crippen molar-refractivity contribution < 1.29 is 13.5 Å². The highest BCUT2D eigenvalue weighted by Gasteiger charge is 2.59. The smallest absolute Gasteiger partial charge is 0.278 e. The molecule has 1 N–H and O–H groups in total. The van der Waals surface area contributed by atoms with E-state index in [4.69, 9.17) is 4.74 Å². The highest BCUT2D eigenvalue weighted by molar-refractivity contribution is 8.03. The van der Waals surface area contributed by atoms with E-state index in [0.717, 1.165) is 38.2 Å². The molecule has 4 rings (SSSR count). The van der Waals surface area contributed by atoms with Crippen molar-refractivity contribution in [2.45, 2.75) is 43.1 Å². The molecule has 4 heterocycles. The maximum Gasteiger partial charge on any atom is 0.278 e. The third kappa shape index (κ3) is 2.62. The fourth-order valence-electron chi connectivity index (χ4n) is 3.93. The van der Waals surface area contributed by atoms with E-state index in [1.807, 2.05) is 18.5 Å². The number of rotatable bonds is 2. The van der Waals surface area contributed by atoms with Crippen LogP contribution in [0.25, 0.3) is 0 Å². The van der Waals surface area contributed by atoms with Crippen LogP contribution in [0.5, 0.6) is 0 Å². The normalized spacial score (nSPS) is 32.3. The lowest BCUT2D eigenvalue weighted by molar-refractivity contribution is -0.215. The number of nitrogens with zero attached hydrogens (tertiary/aromatic N) is 2. The average molecular weight is 341 g/mol. The summed E-state index contributed by atoms with van der Waals surface area (Å²) >= 11 is 1.52. The molecule has 3 aliphatic heterocycles. The van der Waals surface area contributed by atoms with E-state index >= 15 is 0 Å². The van der Waals surface area contributed by atoms with Gasteiger partial charge in [0.2, 0.25) is 0 Å². The monoisotopic (exact) mass is 341 g/mol. The molecule has 1 spiro atoms. The number of allylic oxidation sites excluding steroid dienone is 1. The summed E-state index contributed by atoms with van der Waals surface area (Å²) in [4.78, 5) is 2.36. The molecule has 2 unspecified atom stereocenters. The minimum atomic E-state index is -2.74. The molecule has 23 heavy (non-hydrogen) atoms. The van der Waals surface area contributed by atoms with E-state index in [9.17, 15) is 8.78 Å². The number of fused-ring (bicyclic) bond motifs is 2. The van der Waals surface area contributed by atoms with Gasteiger partial charge in [-0.2, -0.15) is 5.10 Å². The molecule has 0 amide bonds. The number of aromatic nitrogens is 2. The summed E-state index contributed by atoms with van der Waals surface area (Å²) in [6, 6.07) is 0. The number of hydrogen-bond acceptors (Lipinski definition) is 4. The first-order valence-corrected chi connectivity index (χ1v) is 9.00. The fraction of sp³-hybridized carbons (Fsp3) is 0.688. The van der Waals surface area contributed by atoms with Gasteiger partial charge in [-0.3, -0.25) is 10.00 Å². The molecule has 3 aliphatic rings. The zero-order chi connectivity index (χ0) is 16.1. The van der Waals surface area contributed by atoms with Gasteiger partial charge in [-0.15, -0.1) is 11.8 Å². The van der Waals surface area contributed by atoms with Crippen molar-refractivity contribution in [3.05, 3.63) is 28.9 Å². The number of halogens is 2. The van der Waals surface area contributed by atoms with Crippen LogP contribution >= 0.6 is 11.8 Å². The Morgan fingerprint density at radius 1 is 1.43 bits per heavy atom. The number of aryl methyl sites for hydroxylation is 1. The van der Waals surface area contributed by atoms with Gasteiger partial charge in [0, 0.05) is 30.9 Å². The Morgan fingerprint density at radius 3 is 2.91 bits per heavy atom. The number of piperidine rings is 1. The molecule has 0 bridgehead atoms. The van der Waals surface area contributed by atoms with E-state index in [-0.39, 0.29) is 5.25 Å². The molecular weight excluding hydrogens is 320 g/mol. The van der Waals surface area contributed by atoms with Crippen molar-refractivity contribution in [1.82, 2.24) is 15.1 Å². The van der Waals surface area contributed by atoms with Gasteiger partial charge in [0.05, 0.1) is 23.0 Å². The second kappa shape index (κ2) is 5.57. The van der Waals surface area contributed by atoms with E-state index in [1.54, 1.807) is 6.08 Å².